The van der Waals surface area contributed by atoms with Gasteiger partial charge in [-0.25, -0.2) is 4.79 Å². The number of morpholine rings is 1. The van der Waals surface area contributed by atoms with E-state index in [4.69, 9.17) is 9.15 Å². The zero-order chi connectivity index (χ0) is 11.2. The van der Waals surface area contributed by atoms with Gasteiger partial charge >= 0.3 is 6.03 Å². The second kappa shape index (κ2) is 5.37. The highest BCUT2D eigenvalue weighted by molar-refractivity contribution is 5.76. The lowest BCUT2D eigenvalue weighted by Crippen LogP contribution is -2.44. The number of hydrogen-bond donors (Lipinski definition) is 1. The molecule has 0 spiro atoms. The maximum atomic E-state index is 11.6. The van der Waals surface area contributed by atoms with E-state index in [-0.39, 0.29) is 6.03 Å². The molecule has 1 aromatic heterocycles. The van der Waals surface area contributed by atoms with E-state index in [1.54, 1.807) is 29.5 Å². The molecule has 0 aromatic carbocycles. The van der Waals surface area contributed by atoms with E-state index >= 15 is 0 Å². The first-order valence-corrected chi connectivity index (χ1v) is 5.19. The molecule has 2 rings (SSSR count). The molecule has 86 valence electrons. The summed E-state index contributed by atoms with van der Waals surface area (Å²) < 4.78 is 10.2. The zero-order valence-corrected chi connectivity index (χ0v) is 8.89. The van der Waals surface area contributed by atoms with Crippen molar-refractivity contribution in [1.82, 2.24) is 10.2 Å². The minimum atomic E-state index is -0.105. The number of urea groups is 1. The second-order valence-electron chi connectivity index (χ2n) is 3.40. The summed E-state index contributed by atoms with van der Waals surface area (Å²) in [5, 5.41) is 2.68. The first-order chi connectivity index (χ1) is 7.86. The SMILES string of the molecule is O=C(NC=Cc1ccco1)N1CCOCC1. The highest BCUT2D eigenvalue weighted by Gasteiger charge is 2.14. The summed E-state index contributed by atoms with van der Waals surface area (Å²) in [7, 11) is 0. The molecule has 2 heterocycles. The van der Waals surface area contributed by atoms with Crippen LogP contribution in [0.25, 0.3) is 6.08 Å². The third kappa shape index (κ3) is 2.87. The Labute approximate surface area is 93.7 Å². The van der Waals surface area contributed by atoms with Gasteiger partial charge in [-0.3, -0.25) is 0 Å². The topological polar surface area (TPSA) is 54.7 Å². The Morgan fingerprint density at radius 1 is 1.44 bits per heavy atom. The molecular weight excluding hydrogens is 208 g/mol. The highest BCUT2D eigenvalue weighted by Crippen LogP contribution is 2.01. The normalized spacial score (nSPS) is 16.6. The molecule has 1 aliphatic rings. The third-order valence-electron chi connectivity index (χ3n) is 2.30. The van der Waals surface area contributed by atoms with Gasteiger partial charge in [0.2, 0.25) is 0 Å². The van der Waals surface area contributed by atoms with Gasteiger partial charge in [0, 0.05) is 19.3 Å². The molecule has 0 bridgehead atoms. The molecule has 0 aliphatic carbocycles. The van der Waals surface area contributed by atoms with Crippen LogP contribution in [0.2, 0.25) is 0 Å². The third-order valence-corrected chi connectivity index (χ3v) is 2.30. The molecule has 2 amide bonds. The summed E-state index contributed by atoms with van der Waals surface area (Å²) >= 11 is 0. The lowest BCUT2D eigenvalue weighted by atomic mass is 10.4. The van der Waals surface area contributed by atoms with Gasteiger partial charge in [0.15, 0.2) is 0 Å². The number of amides is 2. The first-order valence-electron chi connectivity index (χ1n) is 5.19. The van der Waals surface area contributed by atoms with Gasteiger partial charge in [0.05, 0.1) is 19.5 Å². The number of rotatable bonds is 2. The molecule has 0 atom stereocenters. The maximum Gasteiger partial charge on any atom is 0.321 e. The Kier molecular flexibility index (Phi) is 3.61. The van der Waals surface area contributed by atoms with E-state index in [9.17, 15) is 4.79 Å². The maximum absolute atomic E-state index is 11.6. The zero-order valence-electron chi connectivity index (χ0n) is 8.89. The van der Waals surface area contributed by atoms with Crippen molar-refractivity contribution in [2.45, 2.75) is 0 Å². The van der Waals surface area contributed by atoms with Crippen molar-refractivity contribution in [3.63, 3.8) is 0 Å². The van der Waals surface area contributed by atoms with Crippen LogP contribution in [-0.4, -0.2) is 37.2 Å². The average Bonchev–Trinajstić information content (AvgIpc) is 2.83. The van der Waals surface area contributed by atoms with Crippen LogP contribution in [-0.2, 0) is 4.74 Å². The van der Waals surface area contributed by atoms with Crippen LogP contribution in [0, 0.1) is 0 Å². The largest absolute Gasteiger partial charge is 0.465 e. The molecule has 0 saturated carbocycles. The Hall–Kier alpha value is -1.75. The number of furan rings is 1. The number of ether oxygens (including phenoxy) is 1. The van der Waals surface area contributed by atoms with Gasteiger partial charge in [-0.1, -0.05) is 0 Å². The number of carbonyl (C=O) groups excluding carboxylic acids is 1. The Morgan fingerprint density at radius 2 is 2.25 bits per heavy atom. The summed E-state index contributed by atoms with van der Waals surface area (Å²) in [6.45, 7) is 2.49. The van der Waals surface area contributed by atoms with Crippen LogP contribution < -0.4 is 5.32 Å². The van der Waals surface area contributed by atoms with Crippen LogP contribution in [0.15, 0.2) is 29.0 Å². The summed E-state index contributed by atoms with van der Waals surface area (Å²) in [6.07, 6.45) is 4.87. The number of carbonyl (C=O) groups is 1. The van der Waals surface area contributed by atoms with E-state index in [1.807, 2.05) is 6.07 Å². The highest BCUT2D eigenvalue weighted by atomic mass is 16.5. The second-order valence-corrected chi connectivity index (χ2v) is 3.40. The predicted octanol–water partition coefficient (Wildman–Crippen LogP) is 1.29. The van der Waals surface area contributed by atoms with Crippen LogP contribution in [0.5, 0.6) is 0 Å². The van der Waals surface area contributed by atoms with Crippen molar-refractivity contribution in [2.24, 2.45) is 0 Å². The molecular formula is C11H14N2O3. The molecule has 1 fully saturated rings. The van der Waals surface area contributed by atoms with E-state index < -0.39 is 0 Å². The van der Waals surface area contributed by atoms with E-state index in [0.717, 1.165) is 0 Å². The number of nitrogens with one attached hydrogen (secondary N) is 1. The molecule has 5 nitrogen and oxygen atoms in total. The van der Waals surface area contributed by atoms with Gasteiger partial charge in [0.25, 0.3) is 0 Å². The van der Waals surface area contributed by atoms with Gasteiger partial charge in [-0.2, -0.15) is 0 Å². The van der Waals surface area contributed by atoms with Crippen molar-refractivity contribution in [1.29, 1.82) is 0 Å². The average molecular weight is 222 g/mol. The summed E-state index contributed by atoms with van der Waals surface area (Å²) in [5.74, 6) is 0.710. The predicted molar refractivity (Wildman–Crippen MR) is 58.7 cm³/mol. The summed E-state index contributed by atoms with van der Waals surface area (Å²) in [6, 6.07) is 3.51. The van der Waals surface area contributed by atoms with Crippen LogP contribution in [0.4, 0.5) is 4.79 Å². The lowest BCUT2D eigenvalue weighted by Gasteiger charge is -2.26. The molecule has 1 saturated heterocycles. The van der Waals surface area contributed by atoms with E-state index in [2.05, 4.69) is 5.32 Å². The Balaban J connectivity index is 1.78. The lowest BCUT2D eigenvalue weighted by molar-refractivity contribution is 0.0540. The van der Waals surface area contributed by atoms with Crippen LogP contribution >= 0.6 is 0 Å². The molecule has 1 N–H and O–H groups in total. The van der Waals surface area contributed by atoms with Gasteiger partial charge in [-0.05, 0) is 18.2 Å². The molecule has 0 unspecified atom stereocenters. The van der Waals surface area contributed by atoms with Gasteiger partial charge < -0.3 is 19.4 Å². The first kappa shape index (κ1) is 10.8. The van der Waals surface area contributed by atoms with E-state index in [1.165, 1.54) is 0 Å². The standard InChI is InChI=1S/C11H14N2O3/c14-11(13-5-8-15-9-6-13)12-4-3-10-2-1-7-16-10/h1-4,7H,5-6,8-9H2,(H,12,14). The monoisotopic (exact) mass is 222 g/mol. The van der Waals surface area contributed by atoms with Crippen LogP contribution in [0.1, 0.15) is 5.76 Å². The smallest absolute Gasteiger partial charge is 0.321 e. The Bertz CT molecular complexity index is 353. The van der Waals surface area contributed by atoms with Crippen molar-refractivity contribution in [3.05, 3.63) is 30.4 Å². The minimum absolute atomic E-state index is 0.105. The quantitative estimate of drug-likeness (QED) is 0.820. The van der Waals surface area contributed by atoms with Gasteiger partial charge in [0.1, 0.15) is 5.76 Å². The number of hydrogen-bond acceptors (Lipinski definition) is 3. The molecule has 0 radical (unpaired) electrons. The summed E-state index contributed by atoms with van der Waals surface area (Å²) in [4.78, 5) is 13.3. The van der Waals surface area contributed by atoms with Crippen molar-refractivity contribution in [2.75, 3.05) is 26.3 Å². The van der Waals surface area contributed by atoms with Crippen molar-refractivity contribution >= 4 is 12.1 Å². The Morgan fingerprint density at radius 3 is 2.94 bits per heavy atom. The van der Waals surface area contributed by atoms with Gasteiger partial charge in [-0.15, -0.1) is 0 Å². The fourth-order valence-corrected chi connectivity index (χ4v) is 1.44. The molecule has 1 aliphatic heterocycles. The fourth-order valence-electron chi connectivity index (χ4n) is 1.44. The molecule has 5 heteroatoms. The van der Waals surface area contributed by atoms with Crippen LogP contribution in [0.3, 0.4) is 0 Å². The summed E-state index contributed by atoms with van der Waals surface area (Å²) in [5.41, 5.74) is 0. The minimum Gasteiger partial charge on any atom is -0.465 e. The van der Waals surface area contributed by atoms with Crippen molar-refractivity contribution in [3.8, 4) is 0 Å². The number of nitrogens with zero attached hydrogens (tertiary/aromatic N) is 1. The van der Waals surface area contributed by atoms with Crippen molar-refractivity contribution < 1.29 is 13.9 Å². The van der Waals surface area contributed by atoms with E-state index in [0.29, 0.717) is 32.1 Å². The fraction of sp³-hybridized carbons (Fsp3) is 0.364. The molecule has 1 aromatic rings. The molecule has 16 heavy (non-hydrogen) atoms.